The normalized spacial score (nSPS) is 11.4. The van der Waals surface area contributed by atoms with E-state index in [0.717, 1.165) is 0 Å². The summed E-state index contributed by atoms with van der Waals surface area (Å²) in [5.41, 5.74) is 5.47. The average Bonchev–Trinajstić information content (AvgIpc) is 3.37. The van der Waals surface area contributed by atoms with Crippen molar-refractivity contribution in [1.82, 2.24) is 0 Å². The summed E-state index contributed by atoms with van der Waals surface area (Å²) in [7, 11) is 0. The third-order valence-electron chi connectivity index (χ3n) is 4.16. The third kappa shape index (κ3) is 4.04. The Hall–Kier alpha value is 0.200. The molecule has 0 saturated heterocycles. The summed E-state index contributed by atoms with van der Waals surface area (Å²) < 4.78 is 8.53. The Morgan fingerprint density at radius 3 is 1.43 bits per heavy atom. The highest BCUT2D eigenvalue weighted by Gasteiger charge is 2.32. The SMILES string of the molecule is CSc1sc(-c2cc(-c3sc(SC)c(SC)[s+]3)c3cccccc2-3)[s+]c1SC. The van der Waals surface area contributed by atoms with Gasteiger partial charge in [0.25, 0.3) is 8.38 Å². The second kappa shape index (κ2) is 9.56. The first kappa shape index (κ1) is 21.4. The molecule has 2 heterocycles. The van der Waals surface area contributed by atoms with Crippen LogP contribution in [0.25, 0.3) is 30.6 Å². The van der Waals surface area contributed by atoms with Gasteiger partial charge in [-0.2, -0.15) is 0 Å². The maximum absolute atomic E-state index is 2.43. The van der Waals surface area contributed by atoms with Crippen LogP contribution in [0, 0.1) is 0 Å². The lowest BCUT2D eigenvalue weighted by Gasteiger charge is -1.94. The molecule has 4 rings (SSSR count). The van der Waals surface area contributed by atoms with Crippen molar-refractivity contribution in [3.8, 4) is 30.6 Å². The van der Waals surface area contributed by atoms with Gasteiger partial charge >= 0.3 is 0 Å². The number of hydrogen-bond donors (Lipinski definition) is 0. The van der Waals surface area contributed by atoms with E-state index in [2.05, 4.69) is 61.4 Å². The second-order valence-corrected chi connectivity index (χ2v) is 14.6. The molecule has 0 N–H and O–H groups in total. The van der Waals surface area contributed by atoms with E-state index in [-0.39, 0.29) is 0 Å². The topological polar surface area (TPSA) is 0 Å². The Kier molecular flexibility index (Phi) is 7.32. The lowest BCUT2D eigenvalue weighted by atomic mass is 10.1. The van der Waals surface area contributed by atoms with Crippen LogP contribution in [0.15, 0.2) is 53.2 Å². The van der Waals surface area contributed by atoms with Crippen LogP contribution in [0.4, 0.5) is 0 Å². The Labute approximate surface area is 199 Å². The molecule has 28 heavy (non-hydrogen) atoms. The molecule has 0 amide bonds. The summed E-state index contributed by atoms with van der Waals surface area (Å²) in [5, 5.41) is 0. The smallest absolute Gasteiger partial charge is 0.0908 e. The molecule has 2 aliphatic rings. The van der Waals surface area contributed by atoms with Gasteiger partial charge in [-0.05, 0) is 42.2 Å². The molecule has 0 radical (unpaired) electrons. The first-order valence-electron chi connectivity index (χ1n) is 8.32. The number of thioether (sulfide) groups is 4. The highest BCUT2D eigenvalue weighted by molar-refractivity contribution is 8.05. The third-order valence-corrected chi connectivity index (χ3v) is 14.7. The van der Waals surface area contributed by atoms with Gasteiger partial charge in [0, 0.05) is 0 Å². The predicted molar refractivity (Wildman–Crippen MR) is 141 cm³/mol. The first-order valence-corrected chi connectivity index (χ1v) is 16.5. The number of rotatable bonds is 6. The predicted octanol–water partition coefficient (Wildman–Crippen LogP) is 9.82. The van der Waals surface area contributed by atoms with E-state index < -0.39 is 0 Å². The summed E-state index contributed by atoms with van der Waals surface area (Å²) in [6, 6.07) is 13.4. The minimum Gasteiger partial charge on any atom is -0.0908 e. The Morgan fingerprint density at radius 1 is 0.607 bits per heavy atom. The van der Waals surface area contributed by atoms with Gasteiger partial charge in [0.15, 0.2) is 0 Å². The highest BCUT2D eigenvalue weighted by Crippen LogP contribution is 2.54. The fourth-order valence-corrected chi connectivity index (χ4v) is 13.0. The van der Waals surface area contributed by atoms with E-state index in [0.29, 0.717) is 0 Å². The molecule has 2 aromatic heterocycles. The van der Waals surface area contributed by atoms with Gasteiger partial charge in [0.05, 0.1) is 11.1 Å². The fraction of sp³-hybridized carbons (Fsp3) is 0.200. The molecule has 0 fully saturated rings. The van der Waals surface area contributed by atoms with Gasteiger partial charge in [-0.15, -0.1) is 0 Å². The lowest BCUT2D eigenvalue weighted by molar-refractivity contribution is 1.54. The van der Waals surface area contributed by atoms with Crippen LogP contribution in [0.1, 0.15) is 0 Å². The van der Waals surface area contributed by atoms with Crippen LogP contribution >= 0.6 is 92.4 Å². The minimum absolute atomic E-state index is 1.36. The number of fused-ring (bicyclic) bond motifs is 1. The monoisotopic (exact) mass is 514 g/mol. The standard InChI is InChI=1S/C20H18S8/c1-21-17-18(22-2)26-15(25-17)13-10-14(12-9-7-5-6-8-11(12)13)16-27-19(23-3)20(24-4)28-16/h5-10H,1-4H3/q+2. The zero-order valence-electron chi connectivity index (χ0n) is 15.7. The van der Waals surface area contributed by atoms with Crippen LogP contribution < -0.4 is 0 Å². The van der Waals surface area contributed by atoms with Gasteiger partial charge in [-0.25, -0.2) is 0 Å². The van der Waals surface area contributed by atoms with Crippen molar-refractivity contribution in [3.05, 3.63) is 36.4 Å². The summed E-state index contributed by atoms with van der Waals surface area (Å²) >= 11 is 15.2. The van der Waals surface area contributed by atoms with Crippen molar-refractivity contribution < 1.29 is 0 Å². The average molecular weight is 515 g/mol. The Morgan fingerprint density at radius 2 is 1.07 bits per heavy atom. The van der Waals surface area contributed by atoms with Gasteiger partial charge in [0.2, 0.25) is 16.8 Å². The van der Waals surface area contributed by atoms with Crippen LogP contribution in [0.3, 0.4) is 0 Å². The molecule has 2 aromatic rings. The van der Waals surface area contributed by atoms with Crippen LogP contribution in [-0.2, 0) is 0 Å². The van der Waals surface area contributed by atoms with E-state index >= 15 is 0 Å². The van der Waals surface area contributed by atoms with Crippen LogP contribution in [-0.4, -0.2) is 25.0 Å². The quantitative estimate of drug-likeness (QED) is 0.185. The summed E-state index contributed by atoms with van der Waals surface area (Å²) in [6.45, 7) is 0. The molecule has 0 nitrogen and oxygen atoms in total. The second-order valence-electron chi connectivity index (χ2n) is 5.66. The maximum Gasteiger partial charge on any atom is 0.288 e. The molecular formula is C20H18S8+2. The fourth-order valence-electron chi connectivity index (χ4n) is 2.92. The minimum atomic E-state index is 1.36. The molecule has 144 valence electrons. The molecule has 0 unspecified atom stereocenters. The first-order chi connectivity index (χ1) is 13.7. The lowest BCUT2D eigenvalue weighted by Crippen LogP contribution is -1.71. The van der Waals surface area contributed by atoms with Crippen molar-refractivity contribution in [3.63, 3.8) is 0 Å². The Balaban J connectivity index is 1.92. The van der Waals surface area contributed by atoms with Crippen molar-refractivity contribution >= 4 is 92.4 Å². The molecule has 0 saturated carbocycles. The molecule has 0 bridgehead atoms. The Bertz CT molecular complexity index is 953. The van der Waals surface area contributed by atoms with Crippen LogP contribution in [0.5, 0.6) is 0 Å². The molecular weight excluding hydrogens is 497 g/mol. The maximum atomic E-state index is 2.43. The van der Waals surface area contributed by atoms with E-state index in [1.807, 2.05) is 92.4 Å². The van der Waals surface area contributed by atoms with Gasteiger partial charge < -0.3 is 0 Å². The van der Waals surface area contributed by atoms with Crippen molar-refractivity contribution in [1.29, 1.82) is 0 Å². The van der Waals surface area contributed by atoms with Crippen LogP contribution in [0.2, 0.25) is 0 Å². The number of hydrogen-bond acceptors (Lipinski definition) is 6. The molecule has 0 atom stereocenters. The van der Waals surface area contributed by atoms with Crippen molar-refractivity contribution in [2.24, 2.45) is 0 Å². The zero-order chi connectivity index (χ0) is 19.7. The largest absolute Gasteiger partial charge is 0.288 e. The van der Waals surface area contributed by atoms with E-state index in [4.69, 9.17) is 0 Å². The van der Waals surface area contributed by atoms with E-state index in [9.17, 15) is 0 Å². The van der Waals surface area contributed by atoms with Crippen molar-refractivity contribution in [2.75, 3.05) is 25.0 Å². The summed E-state index contributed by atoms with van der Waals surface area (Å²) in [4.78, 5) is 0. The summed E-state index contributed by atoms with van der Waals surface area (Å²) in [5.74, 6) is 0. The van der Waals surface area contributed by atoms with E-state index in [1.54, 1.807) is 0 Å². The summed E-state index contributed by atoms with van der Waals surface area (Å²) in [6.07, 6.45) is 8.71. The van der Waals surface area contributed by atoms with Crippen molar-refractivity contribution in [2.45, 2.75) is 16.8 Å². The molecule has 8 heteroatoms. The molecule has 0 aromatic carbocycles. The van der Waals surface area contributed by atoms with Gasteiger partial charge in [-0.3, -0.25) is 0 Å². The molecule has 0 spiro atoms. The van der Waals surface area contributed by atoms with E-state index in [1.165, 1.54) is 47.5 Å². The van der Waals surface area contributed by atoms with Gasteiger partial charge in [-0.1, -0.05) is 77.4 Å². The molecule has 0 aliphatic heterocycles. The molecule has 2 aliphatic carbocycles. The van der Waals surface area contributed by atoms with Gasteiger partial charge in [0.1, 0.15) is 45.3 Å². The zero-order valence-corrected chi connectivity index (χ0v) is 22.3. The highest BCUT2D eigenvalue weighted by atomic mass is 32.2.